The lowest BCUT2D eigenvalue weighted by Gasteiger charge is -2.14. The molecule has 0 spiro atoms. The highest BCUT2D eigenvalue weighted by Gasteiger charge is 2.19. The average molecular weight is 277 g/mol. The van der Waals surface area contributed by atoms with E-state index >= 15 is 0 Å². The van der Waals surface area contributed by atoms with Crippen molar-refractivity contribution in [2.75, 3.05) is 6.61 Å². The van der Waals surface area contributed by atoms with E-state index < -0.39 is 12.0 Å². The van der Waals surface area contributed by atoms with Crippen LogP contribution in [-0.4, -0.2) is 24.4 Å². The normalized spacial score (nSPS) is 12.3. The van der Waals surface area contributed by atoms with Crippen molar-refractivity contribution in [1.29, 1.82) is 0 Å². The lowest BCUT2D eigenvalue weighted by molar-refractivity contribution is -0.123. The fraction of sp³-hybridized carbons (Fsp3) is 0.500. The van der Waals surface area contributed by atoms with Crippen molar-refractivity contribution in [1.82, 2.24) is 0 Å². The Hall–Kier alpha value is -1.68. The molecule has 1 aromatic rings. The predicted octanol–water partition coefficient (Wildman–Crippen LogP) is 2.40. The quantitative estimate of drug-likeness (QED) is 0.811. The maximum Gasteiger partial charge on any atom is 0.339 e. The number of hydrogen-bond acceptors (Lipinski definition) is 4. The molecule has 4 heteroatoms. The zero-order valence-corrected chi connectivity index (χ0v) is 12.6. The van der Waals surface area contributed by atoms with Gasteiger partial charge in [-0.15, -0.1) is 0 Å². The molecule has 0 amide bonds. The van der Waals surface area contributed by atoms with Crippen LogP contribution in [0, 0.1) is 19.8 Å². The van der Waals surface area contributed by atoms with Gasteiger partial charge < -0.3 is 10.5 Å². The first-order valence-electron chi connectivity index (χ1n) is 6.84. The van der Waals surface area contributed by atoms with Crippen molar-refractivity contribution in [2.24, 2.45) is 11.7 Å². The molecule has 0 aliphatic rings. The van der Waals surface area contributed by atoms with E-state index in [-0.39, 0.29) is 12.4 Å². The Kier molecular flexibility index (Phi) is 5.89. The molecule has 0 saturated heterocycles. The van der Waals surface area contributed by atoms with Crippen LogP contribution in [0.3, 0.4) is 0 Å². The summed E-state index contributed by atoms with van der Waals surface area (Å²) in [4.78, 5) is 23.8. The van der Waals surface area contributed by atoms with Crippen molar-refractivity contribution in [3.05, 3.63) is 34.9 Å². The zero-order valence-electron chi connectivity index (χ0n) is 12.6. The van der Waals surface area contributed by atoms with Crippen LogP contribution < -0.4 is 5.73 Å². The van der Waals surface area contributed by atoms with E-state index in [4.69, 9.17) is 10.5 Å². The predicted molar refractivity (Wildman–Crippen MR) is 78.6 cm³/mol. The van der Waals surface area contributed by atoms with Gasteiger partial charge in [0.1, 0.15) is 0 Å². The number of benzene rings is 1. The number of ketones is 1. The molecule has 0 aliphatic carbocycles. The van der Waals surface area contributed by atoms with Gasteiger partial charge in [0, 0.05) is 0 Å². The van der Waals surface area contributed by atoms with Crippen molar-refractivity contribution in [3.63, 3.8) is 0 Å². The smallest absolute Gasteiger partial charge is 0.339 e. The van der Waals surface area contributed by atoms with Crippen LogP contribution in [0.5, 0.6) is 0 Å². The topological polar surface area (TPSA) is 69.4 Å². The molecule has 0 saturated carbocycles. The summed E-state index contributed by atoms with van der Waals surface area (Å²) in [6.45, 7) is 7.41. The van der Waals surface area contributed by atoms with Gasteiger partial charge in [0.05, 0.1) is 11.6 Å². The van der Waals surface area contributed by atoms with Gasteiger partial charge in [0.2, 0.25) is 0 Å². The van der Waals surface area contributed by atoms with Crippen molar-refractivity contribution >= 4 is 11.8 Å². The van der Waals surface area contributed by atoms with E-state index in [0.717, 1.165) is 11.1 Å². The van der Waals surface area contributed by atoms with Crippen LogP contribution in [0.15, 0.2) is 18.2 Å². The number of esters is 1. The average Bonchev–Trinajstić information content (AvgIpc) is 2.34. The van der Waals surface area contributed by atoms with Gasteiger partial charge >= 0.3 is 5.97 Å². The molecule has 0 aliphatic heterocycles. The highest BCUT2D eigenvalue weighted by Crippen LogP contribution is 2.14. The minimum absolute atomic E-state index is 0.238. The SMILES string of the molecule is Cc1cccc(C)c1C(=O)OCC(=O)[C@@H](N)CC(C)C. The number of carbonyl (C=O) groups excluding carboxylic acids is 2. The fourth-order valence-electron chi connectivity index (χ4n) is 2.09. The molecule has 0 heterocycles. The first-order valence-corrected chi connectivity index (χ1v) is 6.84. The molecule has 1 rings (SSSR count). The molecule has 4 nitrogen and oxygen atoms in total. The Morgan fingerprint density at radius 3 is 2.25 bits per heavy atom. The van der Waals surface area contributed by atoms with E-state index in [0.29, 0.717) is 17.9 Å². The largest absolute Gasteiger partial charge is 0.454 e. The van der Waals surface area contributed by atoms with E-state index in [1.54, 1.807) is 0 Å². The minimum atomic E-state index is -0.569. The van der Waals surface area contributed by atoms with Crippen LogP contribution >= 0.6 is 0 Å². The third-order valence-electron chi connectivity index (χ3n) is 3.17. The number of ether oxygens (including phenoxy) is 1. The zero-order chi connectivity index (χ0) is 15.3. The lowest BCUT2D eigenvalue weighted by Crippen LogP contribution is -2.35. The number of aryl methyl sites for hydroxylation is 2. The summed E-state index contributed by atoms with van der Waals surface area (Å²) in [6, 6.07) is 5.00. The third kappa shape index (κ3) is 4.46. The second kappa shape index (κ2) is 7.20. The van der Waals surface area contributed by atoms with Crippen molar-refractivity contribution in [3.8, 4) is 0 Å². The highest BCUT2D eigenvalue weighted by molar-refractivity contribution is 5.95. The maximum atomic E-state index is 12.0. The molecule has 20 heavy (non-hydrogen) atoms. The first-order chi connectivity index (χ1) is 9.32. The lowest BCUT2D eigenvalue weighted by atomic mass is 10.0. The molecular formula is C16H23NO3. The third-order valence-corrected chi connectivity index (χ3v) is 3.17. The van der Waals surface area contributed by atoms with Gasteiger partial charge in [-0.2, -0.15) is 0 Å². The van der Waals surface area contributed by atoms with Crippen molar-refractivity contribution in [2.45, 2.75) is 40.2 Å². The Morgan fingerprint density at radius 1 is 1.20 bits per heavy atom. The number of Topliss-reactive ketones (excluding diaryl/α,β-unsaturated/α-hetero) is 1. The Bertz CT molecular complexity index is 474. The minimum Gasteiger partial charge on any atom is -0.454 e. The van der Waals surface area contributed by atoms with Gasteiger partial charge in [-0.3, -0.25) is 4.79 Å². The fourth-order valence-corrected chi connectivity index (χ4v) is 2.09. The molecule has 0 radical (unpaired) electrons. The van der Waals surface area contributed by atoms with E-state index in [1.807, 2.05) is 45.9 Å². The number of nitrogens with two attached hydrogens (primary N) is 1. The molecule has 2 N–H and O–H groups in total. The molecular weight excluding hydrogens is 254 g/mol. The van der Waals surface area contributed by atoms with Crippen LogP contribution in [0.2, 0.25) is 0 Å². The Balaban J connectivity index is 2.62. The maximum absolute atomic E-state index is 12.0. The monoisotopic (exact) mass is 277 g/mol. The van der Waals surface area contributed by atoms with Gasteiger partial charge in [-0.25, -0.2) is 4.79 Å². The van der Waals surface area contributed by atoms with E-state index in [1.165, 1.54) is 0 Å². The number of carbonyl (C=O) groups is 2. The Labute approximate surface area is 120 Å². The number of hydrogen-bond donors (Lipinski definition) is 1. The van der Waals surface area contributed by atoms with E-state index in [2.05, 4.69) is 0 Å². The summed E-state index contributed by atoms with van der Waals surface area (Å²) in [7, 11) is 0. The summed E-state index contributed by atoms with van der Waals surface area (Å²) >= 11 is 0. The summed E-state index contributed by atoms with van der Waals surface area (Å²) < 4.78 is 5.09. The number of rotatable bonds is 6. The first kappa shape index (κ1) is 16.4. The standard InChI is InChI=1S/C16H23NO3/c1-10(2)8-13(17)14(18)9-20-16(19)15-11(3)6-5-7-12(15)4/h5-7,10,13H,8-9,17H2,1-4H3/t13-/m0/s1. The Morgan fingerprint density at radius 2 is 1.75 bits per heavy atom. The molecule has 0 fully saturated rings. The van der Waals surface area contributed by atoms with Crippen molar-refractivity contribution < 1.29 is 14.3 Å². The van der Waals surface area contributed by atoms with Crippen LogP contribution in [0.4, 0.5) is 0 Å². The molecule has 0 bridgehead atoms. The second-order valence-electron chi connectivity index (χ2n) is 5.55. The molecule has 0 unspecified atom stereocenters. The molecule has 1 atom stereocenters. The van der Waals surface area contributed by atoms with Crippen LogP contribution in [-0.2, 0) is 9.53 Å². The summed E-state index contributed by atoms with van der Waals surface area (Å²) in [5.74, 6) is -0.368. The molecule has 0 aromatic heterocycles. The van der Waals surface area contributed by atoms with Crippen LogP contribution in [0.25, 0.3) is 0 Å². The summed E-state index contributed by atoms with van der Waals surface area (Å²) in [5, 5.41) is 0. The van der Waals surface area contributed by atoms with Gasteiger partial charge in [0.25, 0.3) is 0 Å². The molecule has 110 valence electrons. The molecule has 1 aromatic carbocycles. The summed E-state index contributed by atoms with van der Waals surface area (Å²) in [5.41, 5.74) is 7.97. The summed E-state index contributed by atoms with van der Waals surface area (Å²) in [6.07, 6.45) is 0.597. The van der Waals surface area contributed by atoms with Crippen LogP contribution in [0.1, 0.15) is 41.8 Å². The van der Waals surface area contributed by atoms with Gasteiger partial charge in [-0.05, 0) is 37.3 Å². The van der Waals surface area contributed by atoms with Gasteiger partial charge in [0.15, 0.2) is 12.4 Å². The highest BCUT2D eigenvalue weighted by atomic mass is 16.5. The second-order valence-corrected chi connectivity index (χ2v) is 5.55. The van der Waals surface area contributed by atoms with E-state index in [9.17, 15) is 9.59 Å². The van der Waals surface area contributed by atoms with Gasteiger partial charge in [-0.1, -0.05) is 32.0 Å².